The SMILES string of the molecule is NC(=O)N1CCC(C2CCOC2)C1. The summed E-state index contributed by atoms with van der Waals surface area (Å²) in [6.07, 6.45) is 2.24. The van der Waals surface area contributed by atoms with Crippen LogP contribution < -0.4 is 5.73 Å². The summed E-state index contributed by atoms with van der Waals surface area (Å²) in [5, 5.41) is 0. The summed E-state index contributed by atoms with van der Waals surface area (Å²) in [5.41, 5.74) is 5.21. The Bertz CT molecular complexity index is 202. The molecule has 2 rings (SSSR count). The Balaban J connectivity index is 1.86. The molecular formula is C9H16N2O2. The molecule has 0 bridgehead atoms. The van der Waals surface area contributed by atoms with E-state index in [0.29, 0.717) is 11.8 Å². The third-order valence-electron chi connectivity index (χ3n) is 3.17. The molecule has 0 spiro atoms. The van der Waals surface area contributed by atoms with Gasteiger partial charge in [0.15, 0.2) is 0 Å². The van der Waals surface area contributed by atoms with Gasteiger partial charge >= 0.3 is 6.03 Å². The van der Waals surface area contributed by atoms with E-state index in [1.54, 1.807) is 4.90 Å². The van der Waals surface area contributed by atoms with E-state index in [9.17, 15) is 4.79 Å². The number of nitrogens with zero attached hydrogens (tertiary/aromatic N) is 1. The van der Waals surface area contributed by atoms with Crippen LogP contribution in [0.5, 0.6) is 0 Å². The number of rotatable bonds is 1. The highest BCUT2D eigenvalue weighted by Crippen LogP contribution is 2.29. The molecule has 2 atom stereocenters. The van der Waals surface area contributed by atoms with Crippen LogP contribution in [-0.4, -0.2) is 37.2 Å². The van der Waals surface area contributed by atoms with Crippen molar-refractivity contribution in [1.29, 1.82) is 0 Å². The van der Waals surface area contributed by atoms with Crippen molar-refractivity contribution in [2.75, 3.05) is 26.3 Å². The fourth-order valence-electron chi connectivity index (χ4n) is 2.30. The number of urea groups is 1. The number of carbonyl (C=O) groups excluding carboxylic acids is 1. The highest BCUT2D eigenvalue weighted by molar-refractivity contribution is 5.72. The zero-order valence-corrected chi connectivity index (χ0v) is 7.74. The molecule has 0 aromatic carbocycles. The van der Waals surface area contributed by atoms with Crippen LogP contribution in [0.4, 0.5) is 4.79 Å². The molecule has 2 aliphatic heterocycles. The molecule has 4 heteroatoms. The van der Waals surface area contributed by atoms with Gasteiger partial charge in [-0.15, -0.1) is 0 Å². The molecule has 74 valence electrons. The first-order valence-electron chi connectivity index (χ1n) is 4.89. The van der Waals surface area contributed by atoms with E-state index in [0.717, 1.165) is 39.1 Å². The molecule has 2 aliphatic rings. The fourth-order valence-corrected chi connectivity index (χ4v) is 2.30. The Kier molecular flexibility index (Phi) is 2.40. The average Bonchev–Trinajstić information content (AvgIpc) is 2.75. The van der Waals surface area contributed by atoms with E-state index in [1.165, 1.54) is 0 Å². The first-order chi connectivity index (χ1) is 6.27. The molecule has 0 aromatic heterocycles. The van der Waals surface area contributed by atoms with Gasteiger partial charge in [-0.3, -0.25) is 0 Å². The fraction of sp³-hybridized carbons (Fsp3) is 0.889. The number of ether oxygens (including phenoxy) is 1. The van der Waals surface area contributed by atoms with E-state index in [4.69, 9.17) is 10.5 Å². The number of amides is 2. The summed E-state index contributed by atoms with van der Waals surface area (Å²) < 4.78 is 5.33. The van der Waals surface area contributed by atoms with Crippen LogP contribution in [0.15, 0.2) is 0 Å². The van der Waals surface area contributed by atoms with Gasteiger partial charge < -0.3 is 15.4 Å². The summed E-state index contributed by atoms with van der Waals surface area (Å²) in [7, 11) is 0. The number of hydrogen-bond donors (Lipinski definition) is 1. The second-order valence-electron chi connectivity index (χ2n) is 3.96. The van der Waals surface area contributed by atoms with Crippen molar-refractivity contribution in [1.82, 2.24) is 4.90 Å². The van der Waals surface area contributed by atoms with Crippen LogP contribution in [-0.2, 0) is 4.74 Å². The monoisotopic (exact) mass is 184 g/mol. The number of nitrogens with two attached hydrogens (primary N) is 1. The van der Waals surface area contributed by atoms with Crippen LogP contribution >= 0.6 is 0 Å². The molecule has 2 unspecified atom stereocenters. The minimum absolute atomic E-state index is 0.276. The van der Waals surface area contributed by atoms with Gasteiger partial charge in [0, 0.05) is 26.3 Å². The van der Waals surface area contributed by atoms with E-state index in [1.807, 2.05) is 0 Å². The summed E-state index contributed by atoms with van der Waals surface area (Å²) >= 11 is 0. The molecule has 2 fully saturated rings. The maximum Gasteiger partial charge on any atom is 0.314 e. The smallest absolute Gasteiger partial charge is 0.314 e. The van der Waals surface area contributed by atoms with Crippen molar-refractivity contribution in [3.05, 3.63) is 0 Å². The van der Waals surface area contributed by atoms with Crippen LogP contribution in [0.2, 0.25) is 0 Å². The molecule has 4 nitrogen and oxygen atoms in total. The molecule has 0 radical (unpaired) electrons. The predicted octanol–water partition coefficient (Wildman–Crippen LogP) is 0.423. The minimum Gasteiger partial charge on any atom is -0.381 e. The van der Waals surface area contributed by atoms with Gasteiger partial charge in [-0.2, -0.15) is 0 Å². The van der Waals surface area contributed by atoms with Gasteiger partial charge in [0.25, 0.3) is 0 Å². The number of carbonyl (C=O) groups is 1. The molecular weight excluding hydrogens is 168 g/mol. The molecule has 0 saturated carbocycles. The quantitative estimate of drug-likeness (QED) is 0.642. The Morgan fingerprint density at radius 2 is 2.23 bits per heavy atom. The van der Waals surface area contributed by atoms with E-state index >= 15 is 0 Å². The molecule has 0 aromatic rings. The lowest BCUT2D eigenvalue weighted by Crippen LogP contribution is -2.34. The highest BCUT2D eigenvalue weighted by Gasteiger charge is 2.32. The topological polar surface area (TPSA) is 55.6 Å². The molecule has 0 aliphatic carbocycles. The lowest BCUT2D eigenvalue weighted by atomic mass is 9.91. The van der Waals surface area contributed by atoms with Crippen molar-refractivity contribution in [2.45, 2.75) is 12.8 Å². The highest BCUT2D eigenvalue weighted by atomic mass is 16.5. The van der Waals surface area contributed by atoms with Crippen LogP contribution in [0.1, 0.15) is 12.8 Å². The van der Waals surface area contributed by atoms with E-state index < -0.39 is 0 Å². The second-order valence-corrected chi connectivity index (χ2v) is 3.96. The maximum absolute atomic E-state index is 10.9. The van der Waals surface area contributed by atoms with Crippen LogP contribution in [0, 0.1) is 11.8 Å². The molecule has 2 N–H and O–H groups in total. The molecule has 13 heavy (non-hydrogen) atoms. The summed E-state index contributed by atoms with van der Waals surface area (Å²) in [6.45, 7) is 3.43. The summed E-state index contributed by atoms with van der Waals surface area (Å²) in [6, 6.07) is -0.276. The lowest BCUT2D eigenvalue weighted by Gasteiger charge is -2.17. The molecule has 2 saturated heterocycles. The summed E-state index contributed by atoms with van der Waals surface area (Å²) in [4.78, 5) is 12.6. The third kappa shape index (κ3) is 1.77. The van der Waals surface area contributed by atoms with Crippen molar-refractivity contribution in [2.24, 2.45) is 17.6 Å². The van der Waals surface area contributed by atoms with Crippen molar-refractivity contribution < 1.29 is 9.53 Å². The minimum atomic E-state index is -0.276. The first-order valence-corrected chi connectivity index (χ1v) is 4.89. The summed E-state index contributed by atoms with van der Waals surface area (Å²) in [5.74, 6) is 1.28. The Labute approximate surface area is 78.0 Å². The number of likely N-dealkylation sites (tertiary alicyclic amines) is 1. The zero-order chi connectivity index (χ0) is 9.26. The number of hydrogen-bond acceptors (Lipinski definition) is 2. The largest absolute Gasteiger partial charge is 0.381 e. The van der Waals surface area contributed by atoms with Gasteiger partial charge in [0.2, 0.25) is 0 Å². The van der Waals surface area contributed by atoms with E-state index in [2.05, 4.69) is 0 Å². The van der Waals surface area contributed by atoms with Crippen LogP contribution in [0.3, 0.4) is 0 Å². The Hall–Kier alpha value is -0.770. The second kappa shape index (κ2) is 3.54. The van der Waals surface area contributed by atoms with Crippen LogP contribution in [0.25, 0.3) is 0 Å². The van der Waals surface area contributed by atoms with Gasteiger partial charge in [0.05, 0.1) is 0 Å². The normalized spacial score (nSPS) is 34.0. The predicted molar refractivity (Wildman–Crippen MR) is 48.2 cm³/mol. The van der Waals surface area contributed by atoms with Gasteiger partial charge in [-0.25, -0.2) is 4.79 Å². The van der Waals surface area contributed by atoms with Gasteiger partial charge in [-0.1, -0.05) is 0 Å². The third-order valence-corrected chi connectivity index (χ3v) is 3.17. The van der Waals surface area contributed by atoms with Gasteiger partial charge in [-0.05, 0) is 24.7 Å². The van der Waals surface area contributed by atoms with Crippen molar-refractivity contribution >= 4 is 6.03 Å². The Morgan fingerprint density at radius 1 is 1.38 bits per heavy atom. The number of primary amides is 1. The van der Waals surface area contributed by atoms with Gasteiger partial charge in [0.1, 0.15) is 0 Å². The molecule has 2 amide bonds. The molecule has 2 heterocycles. The standard InChI is InChI=1S/C9H16N2O2/c10-9(12)11-3-1-7(5-11)8-2-4-13-6-8/h7-8H,1-6H2,(H2,10,12). The maximum atomic E-state index is 10.9. The Morgan fingerprint density at radius 3 is 2.77 bits per heavy atom. The van der Waals surface area contributed by atoms with Crippen molar-refractivity contribution in [3.8, 4) is 0 Å². The van der Waals surface area contributed by atoms with E-state index in [-0.39, 0.29) is 6.03 Å². The average molecular weight is 184 g/mol. The zero-order valence-electron chi connectivity index (χ0n) is 7.74. The first kappa shape index (κ1) is 8.81. The lowest BCUT2D eigenvalue weighted by molar-refractivity contribution is 0.171. The van der Waals surface area contributed by atoms with Crippen molar-refractivity contribution in [3.63, 3.8) is 0 Å².